The maximum atomic E-state index is 11.1. The molecule has 0 saturated heterocycles. The Kier molecular flexibility index (Phi) is 4.30. The van der Waals surface area contributed by atoms with Crippen molar-refractivity contribution in [2.24, 2.45) is 5.92 Å². The van der Waals surface area contributed by atoms with Gasteiger partial charge in [-0.3, -0.25) is 0 Å². The molecule has 1 aliphatic rings. The Morgan fingerprint density at radius 2 is 2.21 bits per heavy atom. The number of carboxylic acids is 1. The van der Waals surface area contributed by atoms with Crippen LogP contribution in [0.4, 0.5) is 5.82 Å². The minimum Gasteiger partial charge on any atom is -0.476 e. The molecule has 4 nitrogen and oxygen atoms in total. The van der Waals surface area contributed by atoms with Gasteiger partial charge in [-0.25, -0.2) is 9.78 Å². The first-order valence-electron chi connectivity index (χ1n) is 6.61. The summed E-state index contributed by atoms with van der Waals surface area (Å²) in [6.07, 6.45) is 4.76. The lowest BCUT2D eigenvalue weighted by molar-refractivity contribution is 0.0691. The fourth-order valence-corrected chi connectivity index (χ4v) is 2.91. The van der Waals surface area contributed by atoms with E-state index in [0.717, 1.165) is 12.8 Å². The Hall–Kier alpha value is -1.29. The second-order valence-electron chi connectivity index (χ2n) is 5.34. The molecule has 1 aliphatic carbocycles. The number of aromatic carboxylic acids is 1. The molecule has 1 N–H and O–H groups in total. The van der Waals surface area contributed by atoms with Crippen molar-refractivity contribution in [1.29, 1.82) is 0 Å². The van der Waals surface area contributed by atoms with E-state index in [9.17, 15) is 4.79 Å². The number of carboxylic acid groups (broad SMARTS) is 1. The highest BCUT2D eigenvalue weighted by molar-refractivity contribution is 6.33. The summed E-state index contributed by atoms with van der Waals surface area (Å²) < 4.78 is 0. The van der Waals surface area contributed by atoms with Crippen molar-refractivity contribution in [1.82, 2.24) is 4.98 Å². The normalized spacial score (nSPS) is 23.1. The predicted molar refractivity (Wildman–Crippen MR) is 76.0 cm³/mol. The molecule has 0 aromatic carbocycles. The van der Waals surface area contributed by atoms with Gasteiger partial charge in [0.1, 0.15) is 5.82 Å². The average molecular weight is 283 g/mol. The fraction of sp³-hybridized carbons (Fsp3) is 0.571. The number of hydrogen-bond acceptors (Lipinski definition) is 3. The second-order valence-corrected chi connectivity index (χ2v) is 5.75. The molecular formula is C14H19ClN2O2. The highest BCUT2D eigenvalue weighted by atomic mass is 35.5. The van der Waals surface area contributed by atoms with Gasteiger partial charge in [-0.2, -0.15) is 0 Å². The summed E-state index contributed by atoms with van der Waals surface area (Å²) in [4.78, 5) is 17.3. The molecule has 5 heteroatoms. The van der Waals surface area contributed by atoms with Gasteiger partial charge in [0.25, 0.3) is 0 Å². The zero-order chi connectivity index (χ0) is 14.0. The van der Waals surface area contributed by atoms with E-state index in [1.807, 2.05) is 7.05 Å². The van der Waals surface area contributed by atoms with Crippen molar-refractivity contribution in [2.75, 3.05) is 11.9 Å². The van der Waals surface area contributed by atoms with Gasteiger partial charge in [0, 0.05) is 13.1 Å². The molecule has 0 bridgehead atoms. The topological polar surface area (TPSA) is 53.4 Å². The number of aromatic nitrogens is 1. The fourth-order valence-electron chi connectivity index (χ4n) is 2.72. The SMILES string of the molecule is CC1CCCC(N(C)c2ccc(Cl)c(C(=O)O)n2)C1. The number of halogens is 1. The van der Waals surface area contributed by atoms with Crippen LogP contribution in [-0.4, -0.2) is 29.1 Å². The van der Waals surface area contributed by atoms with Gasteiger partial charge in [-0.05, 0) is 30.9 Å². The molecule has 2 unspecified atom stereocenters. The summed E-state index contributed by atoms with van der Waals surface area (Å²) >= 11 is 5.84. The van der Waals surface area contributed by atoms with Crippen LogP contribution in [0.25, 0.3) is 0 Å². The summed E-state index contributed by atoms with van der Waals surface area (Å²) in [6, 6.07) is 3.82. The summed E-state index contributed by atoms with van der Waals surface area (Å²) in [5.74, 6) is 0.311. The van der Waals surface area contributed by atoms with Crippen LogP contribution >= 0.6 is 11.6 Å². The van der Waals surface area contributed by atoms with E-state index in [1.54, 1.807) is 12.1 Å². The van der Waals surface area contributed by atoms with E-state index < -0.39 is 5.97 Å². The summed E-state index contributed by atoms with van der Waals surface area (Å²) in [6.45, 7) is 2.26. The van der Waals surface area contributed by atoms with Gasteiger partial charge in [0.05, 0.1) is 5.02 Å². The number of anilines is 1. The number of carbonyl (C=O) groups is 1. The predicted octanol–water partition coefficient (Wildman–Crippen LogP) is 3.45. The molecular weight excluding hydrogens is 264 g/mol. The van der Waals surface area contributed by atoms with E-state index in [1.165, 1.54) is 12.8 Å². The van der Waals surface area contributed by atoms with Gasteiger partial charge in [0.15, 0.2) is 5.69 Å². The molecule has 1 fully saturated rings. The third-order valence-corrected chi connectivity index (χ3v) is 4.16. The van der Waals surface area contributed by atoms with Crippen molar-refractivity contribution >= 4 is 23.4 Å². The lowest BCUT2D eigenvalue weighted by Crippen LogP contribution is -2.36. The van der Waals surface area contributed by atoms with Crippen LogP contribution in [0.5, 0.6) is 0 Å². The zero-order valence-corrected chi connectivity index (χ0v) is 12.0. The molecule has 104 valence electrons. The van der Waals surface area contributed by atoms with Crippen LogP contribution in [0, 0.1) is 5.92 Å². The van der Waals surface area contributed by atoms with Crippen molar-refractivity contribution in [3.05, 3.63) is 22.8 Å². The van der Waals surface area contributed by atoms with Crippen molar-refractivity contribution in [3.8, 4) is 0 Å². The lowest BCUT2D eigenvalue weighted by atomic mass is 9.86. The maximum absolute atomic E-state index is 11.1. The van der Waals surface area contributed by atoms with E-state index in [-0.39, 0.29) is 10.7 Å². The first kappa shape index (κ1) is 14.1. The van der Waals surface area contributed by atoms with Crippen LogP contribution < -0.4 is 4.90 Å². The van der Waals surface area contributed by atoms with Crippen molar-refractivity contribution in [3.63, 3.8) is 0 Å². The first-order chi connectivity index (χ1) is 8.99. The highest BCUT2D eigenvalue weighted by Crippen LogP contribution is 2.29. The van der Waals surface area contributed by atoms with Gasteiger partial charge in [0.2, 0.25) is 0 Å². The summed E-state index contributed by atoms with van der Waals surface area (Å²) in [5, 5.41) is 9.24. The highest BCUT2D eigenvalue weighted by Gasteiger charge is 2.24. The van der Waals surface area contributed by atoms with Gasteiger partial charge < -0.3 is 10.0 Å². The van der Waals surface area contributed by atoms with E-state index >= 15 is 0 Å². The largest absolute Gasteiger partial charge is 0.476 e. The Morgan fingerprint density at radius 3 is 2.84 bits per heavy atom. The molecule has 1 saturated carbocycles. The Labute approximate surface area is 118 Å². The monoisotopic (exact) mass is 282 g/mol. The molecule has 19 heavy (non-hydrogen) atoms. The van der Waals surface area contributed by atoms with Crippen molar-refractivity contribution in [2.45, 2.75) is 38.6 Å². The molecule has 0 aliphatic heterocycles. The van der Waals surface area contributed by atoms with Crippen LogP contribution in [0.1, 0.15) is 43.1 Å². The molecule has 0 radical (unpaired) electrons. The molecule has 0 spiro atoms. The second kappa shape index (κ2) is 5.78. The Balaban J connectivity index is 2.21. The van der Waals surface area contributed by atoms with Gasteiger partial charge >= 0.3 is 5.97 Å². The van der Waals surface area contributed by atoms with Crippen LogP contribution in [0.3, 0.4) is 0 Å². The molecule has 1 aromatic rings. The van der Waals surface area contributed by atoms with Crippen molar-refractivity contribution < 1.29 is 9.90 Å². The number of hydrogen-bond donors (Lipinski definition) is 1. The first-order valence-corrected chi connectivity index (χ1v) is 6.99. The quantitative estimate of drug-likeness (QED) is 0.922. The van der Waals surface area contributed by atoms with Crippen LogP contribution in [0.15, 0.2) is 12.1 Å². The standard InChI is InChI=1S/C14H19ClN2O2/c1-9-4-3-5-10(8-9)17(2)12-7-6-11(15)13(16-12)14(18)19/h6-7,9-10H,3-5,8H2,1-2H3,(H,18,19). The van der Waals surface area contributed by atoms with E-state index in [0.29, 0.717) is 17.8 Å². The summed E-state index contributed by atoms with van der Waals surface area (Å²) in [5.41, 5.74) is -0.0742. The lowest BCUT2D eigenvalue weighted by Gasteiger charge is -2.35. The molecule has 0 amide bonds. The number of pyridine rings is 1. The third-order valence-electron chi connectivity index (χ3n) is 3.85. The number of rotatable bonds is 3. The van der Waals surface area contributed by atoms with Gasteiger partial charge in [-0.15, -0.1) is 0 Å². The molecule has 1 heterocycles. The Bertz CT molecular complexity index is 479. The van der Waals surface area contributed by atoms with E-state index in [2.05, 4.69) is 16.8 Å². The minimum absolute atomic E-state index is 0.0742. The van der Waals surface area contributed by atoms with Gasteiger partial charge in [-0.1, -0.05) is 31.4 Å². The van der Waals surface area contributed by atoms with Crippen LogP contribution in [0.2, 0.25) is 5.02 Å². The van der Waals surface area contributed by atoms with E-state index in [4.69, 9.17) is 16.7 Å². The average Bonchev–Trinajstić information content (AvgIpc) is 2.38. The molecule has 2 atom stereocenters. The zero-order valence-electron chi connectivity index (χ0n) is 11.3. The third kappa shape index (κ3) is 3.18. The van der Waals surface area contributed by atoms with Crippen LogP contribution in [-0.2, 0) is 0 Å². The summed E-state index contributed by atoms with van der Waals surface area (Å²) in [7, 11) is 1.98. The molecule has 1 aromatic heterocycles. The Morgan fingerprint density at radius 1 is 1.47 bits per heavy atom. The minimum atomic E-state index is -1.09. The number of nitrogens with zero attached hydrogens (tertiary/aromatic N) is 2. The maximum Gasteiger partial charge on any atom is 0.356 e. The smallest absolute Gasteiger partial charge is 0.356 e. The molecule has 2 rings (SSSR count).